The highest BCUT2D eigenvalue weighted by molar-refractivity contribution is 5.72. The largest absolute Gasteiger partial charge is 0.486 e. The zero-order valence-corrected chi connectivity index (χ0v) is 20.3. The lowest BCUT2D eigenvalue weighted by atomic mass is 10.1. The SMILES string of the molecule is CC1CN(c2ccc(Cc3ncc(F)c(-c4cc(F)c5c(c4)N(C(C)C)CCO5)n3)nc2)CCN1. The lowest BCUT2D eigenvalue weighted by Gasteiger charge is -2.34. The first-order valence-corrected chi connectivity index (χ1v) is 12.1. The molecule has 7 nitrogen and oxygen atoms in total. The molecule has 0 spiro atoms. The number of rotatable bonds is 5. The van der Waals surface area contributed by atoms with Gasteiger partial charge in [-0.2, -0.15) is 0 Å². The Bertz CT molecular complexity index is 1200. The molecule has 4 heterocycles. The van der Waals surface area contributed by atoms with Crippen molar-refractivity contribution in [3.05, 3.63) is 59.8 Å². The van der Waals surface area contributed by atoms with Crippen molar-refractivity contribution >= 4 is 11.4 Å². The van der Waals surface area contributed by atoms with Crippen LogP contribution < -0.4 is 19.9 Å². The lowest BCUT2D eigenvalue weighted by molar-refractivity contribution is 0.287. The number of halogens is 2. The lowest BCUT2D eigenvalue weighted by Crippen LogP contribution is -2.49. The number of aromatic nitrogens is 3. The van der Waals surface area contributed by atoms with Crippen LogP contribution in [0, 0.1) is 11.6 Å². The smallest absolute Gasteiger partial charge is 0.178 e. The maximum atomic E-state index is 14.9. The number of nitrogens with zero attached hydrogens (tertiary/aromatic N) is 5. The number of hydrogen-bond donors (Lipinski definition) is 1. The monoisotopic (exact) mass is 480 g/mol. The number of nitrogens with one attached hydrogen (secondary N) is 1. The van der Waals surface area contributed by atoms with Crippen molar-refractivity contribution in [2.75, 3.05) is 42.6 Å². The fraction of sp³-hybridized carbons (Fsp3) is 0.423. The molecule has 0 amide bonds. The molecule has 2 aliphatic heterocycles. The molecule has 35 heavy (non-hydrogen) atoms. The minimum absolute atomic E-state index is 0.0670. The Morgan fingerprint density at radius 3 is 2.71 bits per heavy atom. The second kappa shape index (κ2) is 9.73. The highest BCUT2D eigenvalue weighted by Crippen LogP contribution is 2.39. The number of anilines is 2. The standard InChI is InChI=1S/C26H30F2N6O/c1-16(2)34-8-9-35-26-21(27)10-18(11-23(26)34)25-22(28)14-31-24(32-25)12-19-4-5-20(13-30-19)33-7-6-29-17(3)15-33/h4-5,10-11,13-14,16-17,29H,6-9,12,15H2,1-3H3. The summed E-state index contributed by atoms with van der Waals surface area (Å²) in [5.41, 5.74) is 2.89. The summed E-state index contributed by atoms with van der Waals surface area (Å²) >= 11 is 0. The van der Waals surface area contributed by atoms with Crippen LogP contribution in [-0.4, -0.2) is 59.8 Å². The third-order valence-electron chi connectivity index (χ3n) is 6.49. The van der Waals surface area contributed by atoms with E-state index in [2.05, 4.69) is 37.0 Å². The van der Waals surface area contributed by atoms with Gasteiger partial charge in [-0.15, -0.1) is 0 Å². The molecule has 1 fully saturated rings. The van der Waals surface area contributed by atoms with Crippen LogP contribution in [0.1, 0.15) is 32.3 Å². The predicted molar refractivity (Wildman–Crippen MR) is 132 cm³/mol. The van der Waals surface area contributed by atoms with Gasteiger partial charge in [0.1, 0.15) is 18.1 Å². The van der Waals surface area contributed by atoms with Gasteiger partial charge in [-0.1, -0.05) is 0 Å². The van der Waals surface area contributed by atoms with Crippen LogP contribution in [0.25, 0.3) is 11.3 Å². The number of hydrogen-bond acceptors (Lipinski definition) is 7. The second-order valence-corrected chi connectivity index (χ2v) is 9.41. The molecular formula is C26H30F2N6O. The van der Waals surface area contributed by atoms with E-state index >= 15 is 0 Å². The molecule has 1 saturated heterocycles. The summed E-state index contributed by atoms with van der Waals surface area (Å²) in [6.07, 6.45) is 3.35. The molecule has 184 valence electrons. The van der Waals surface area contributed by atoms with Gasteiger partial charge < -0.3 is 19.9 Å². The van der Waals surface area contributed by atoms with Crippen molar-refractivity contribution < 1.29 is 13.5 Å². The molecular weight excluding hydrogens is 450 g/mol. The average Bonchev–Trinajstić information content (AvgIpc) is 2.85. The van der Waals surface area contributed by atoms with E-state index in [0.29, 0.717) is 42.7 Å². The molecule has 1 unspecified atom stereocenters. The van der Waals surface area contributed by atoms with E-state index in [-0.39, 0.29) is 17.5 Å². The van der Waals surface area contributed by atoms with Gasteiger partial charge in [0.15, 0.2) is 17.4 Å². The number of ether oxygens (including phenoxy) is 1. The van der Waals surface area contributed by atoms with Gasteiger partial charge in [0.25, 0.3) is 0 Å². The predicted octanol–water partition coefficient (Wildman–Crippen LogP) is 3.81. The highest BCUT2D eigenvalue weighted by Gasteiger charge is 2.26. The van der Waals surface area contributed by atoms with E-state index < -0.39 is 11.6 Å². The molecule has 1 N–H and O–H groups in total. The zero-order chi connectivity index (χ0) is 24.5. The first-order valence-electron chi connectivity index (χ1n) is 12.1. The van der Waals surface area contributed by atoms with E-state index in [1.165, 1.54) is 6.07 Å². The van der Waals surface area contributed by atoms with Gasteiger partial charge in [-0.25, -0.2) is 18.7 Å². The molecule has 3 aromatic rings. The van der Waals surface area contributed by atoms with Crippen LogP contribution in [0.15, 0.2) is 36.7 Å². The maximum Gasteiger partial charge on any atom is 0.178 e. The minimum atomic E-state index is -0.600. The van der Waals surface area contributed by atoms with Crippen LogP contribution in [0.4, 0.5) is 20.2 Å². The van der Waals surface area contributed by atoms with E-state index in [1.54, 1.807) is 6.07 Å². The quantitative estimate of drug-likeness (QED) is 0.596. The third kappa shape index (κ3) is 4.91. The fourth-order valence-corrected chi connectivity index (χ4v) is 4.70. The zero-order valence-electron chi connectivity index (χ0n) is 20.3. The van der Waals surface area contributed by atoms with Gasteiger partial charge in [0.05, 0.1) is 36.7 Å². The molecule has 2 aliphatic rings. The Morgan fingerprint density at radius 1 is 1.11 bits per heavy atom. The van der Waals surface area contributed by atoms with E-state index in [4.69, 9.17) is 4.74 Å². The van der Waals surface area contributed by atoms with Gasteiger partial charge in [-0.3, -0.25) is 4.98 Å². The molecule has 2 aromatic heterocycles. The molecule has 1 aromatic carbocycles. The Morgan fingerprint density at radius 2 is 1.97 bits per heavy atom. The molecule has 0 bridgehead atoms. The Labute approximate surface area is 204 Å². The Hall–Kier alpha value is -3.33. The number of piperazine rings is 1. The van der Waals surface area contributed by atoms with Crippen molar-refractivity contribution in [2.45, 2.75) is 39.3 Å². The first-order chi connectivity index (χ1) is 16.9. The van der Waals surface area contributed by atoms with Gasteiger partial charge >= 0.3 is 0 Å². The topological polar surface area (TPSA) is 66.4 Å². The summed E-state index contributed by atoms with van der Waals surface area (Å²) in [4.78, 5) is 17.5. The molecule has 0 radical (unpaired) electrons. The van der Waals surface area contributed by atoms with Crippen molar-refractivity contribution in [2.24, 2.45) is 0 Å². The van der Waals surface area contributed by atoms with Crippen molar-refractivity contribution in [3.8, 4) is 17.0 Å². The highest BCUT2D eigenvalue weighted by atomic mass is 19.1. The van der Waals surface area contributed by atoms with Crippen LogP contribution in [0.2, 0.25) is 0 Å². The maximum absolute atomic E-state index is 14.9. The summed E-state index contributed by atoms with van der Waals surface area (Å²) in [6, 6.07) is 7.60. The summed E-state index contributed by atoms with van der Waals surface area (Å²) < 4.78 is 35.3. The molecule has 1 atom stereocenters. The Balaban J connectivity index is 1.40. The van der Waals surface area contributed by atoms with E-state index in [9.17, 15) is 8.78 Å². The molecule has 0 aliphatic carbocycles. The summed E-state index contributed by atoms with van der Waals surface area (Å²) in [6.45, 7) is 10.1. The molecule has 0 saturated carbocycles. The summed E-state index contributed by atoms with van der Waals surface area (Å²) in [7, 11) is 0. The normalized spacial score (nSPS) is 17.9. The van der Waals surface area contributed by atoms with E-state index in [0.717, 1.165) is 37.2 Å². The molecule has 5 rings (SSSR count). The van der Waals surface area contributed by atoms with Crippen molar-refractivity contribution in [3.63, 3.8) is 0 Å². The van der Waals surface area contributed by atoms with Crippen molar-refractivity contribution in [1.82, 2.24) is 20.3 Å². The van der Waals surface area contributed by atoms with Gasteiger partial charge in [0, 0.05) is 43.0 Å². The summed E-state index contributed by atoms with van der Waals surface area (Å²) in [5.74, 6) is -0.502. The number of pyridine rings is 1. The van der Waals surface area contributed by atoms with Crippen molar-refractivity contribution in [1.29, 1.82) is 0 Å². The number of benzene rings is 1. The van der Waals surface area contributed by atoms with Crippen LogP contribution in [0.5, 0.6) is 5.75 Å². The van der Waals surface area contributed by atoms with Crippen LogP contribution in [0.3, 0.4) is 0 Å². The van der Waals surface area contributed by atoms with Gasteiger partial charge in [0.2, 0.25) is 0 Å². The first kappa shape index (κ1) is 23.4. The third-order valence-corrected chi connectivity index (χ3v) is 6.49. The second-order valence-electron chi connectivity index (χ2n) is 9.41. The fourth-order valence-electron chi connectivity index (χ4n) is 4.70. The molecule has 9 heteroatoms. The van der Waals surface area contributed by atoms with Crippen LogP contribution >= 0.6 is 0 Å². The Kier molecular flexibility index (Phi) is 6.51. The summed E-state index contributed by atoms with van der Waals surface area (Å²) in [5, 5.41) is 3.43. The minimum Gasteiger partial charge on any atom is -0.486 e. The number of fused-ring (bicyclic) bond motifs is 1. The van der Waals surface area contributed by atoms with Gasteiger partial charge in [-0.05, 0) is 45.0 Å². The average molecular weight is 481 g/mol. The van der Waals surface area contributed by atoms with Crippen LogP contribution in [-0.2, 0) is 6.42 Å². The van der Waals surface area contributed by atoms with E-state index in [1.807, 2.05) is 32.2 Å².